The Morgan fingerprint density at radius 3 is 2.59 bits per heavy atom. The van der Waals surface area contributed by atoms with Gasteiger partial charge in [0.15, 0.2) is 5.78 Å². The van der Waals surface area contributed by atoms with Crippen LogP contribution in [0.4, 0.5) is 5.69 Å². The molecular weight excluding hydrogens is 364 g/mol. The fourth-order valence-corrected chi connectivity index (χ4v) is 4.32. The van der Waals surface area contributed by atoms with Gasteiger partial charge in [0.05, 0.1) is 6.61 Å². The van der Waals surface area contributed by atoms with Crippen LogP contribution in [0.25, 0.3) is 10.9 Å². The standard InChI is InChI=1S/C24H26N2O3/c1-5-25-22-10-8-19(29-6-2)14-20(22)15(3)23(25)24(28)26-12-11-18-13-17(16(4)27)7-9-21(18)26/h7-10,13-14H,5-6,11-12H2,1-4H3. The van der Waals surface area contributed by atoms with E-state index in [1.54, 1.807) is 6.92 Å². The molecule has 3 aromatic rings. The molecule has 2 aromatic carbocycles. The van der Waals surface area contributed by atoms with Gasteiger partial charge in [0.1, 0.15) is 11.4 Å². The minimum Gasteiger partial charge on any atom is -0.494 e. The maximum atomic E-state index is 13.6. The average molecular weight is 390 g/mol. The predicted molar refractivity (Wildman–Crippen MR) is 115 cm³/mol. The van der Waals surface area contributed by atoms with Crippen molar-refractivity contribution in [3.05, 3.63) is 58.8 Å². The molecule has 0 saturated carbocycles. The van der Waals surface area contributed by atoms with Gasteiger partial charge < -0.3 is 14.2 Å². The molecule has 0 aliphatic carbocycles. The minimum absolute atomic E-state index is 0.00725. The molecular formula is C24H26N2O3. The molecule has 0 fully saturated rings. The first kappa shape index (κ1) is 19.2. The SMILES string of the molecule is CCOc1ccc2c(c1)c(C)c(C(=O)N1CCc3cc(C(C)=O)ccc31)n2CC. The van der Waals surface area contributed by atoms with Crippen molar-refractivity contribution in [3.8, 4) is 5.75 Å². The Hall–Kier alpha value is -3.08. The van der Waals surface area contributed by atoms with Crippen molar-refractivity contribution in [3.63, 3.8) is 0 Å². The number of Topliss-reactive ketones (excluding diaryl/α,β-unsaturated/α-hetero) is 1. The summed E-state index contributed by atoms with van der Waals surface area (Å²) < 4.78 is 7.74. The van der Waals surface area contributed by atoms with E-state index in [1.165, 1.54) is 0 Å². The molecule has 1 aliphatic heterocycles. The van der Waals surface area contributed by atoms with Crippen LogP contribution in [-0.2, 0) is 13.0 Å². The summed E-state index contributed by atoms with van der Waals surface area (Å²) in [5, 5.41) is 1.05. The maximum absolute atomic E-state index is 13.6. The number of benzene rings is 2. The number of fused-ring (bicyclic) bond motifs is 2. The summed E-state index contributed by atoms with van der Waals surface area (Å²) in [4.78, 5) is 27.1. The van der Waals surface area contributed by atoms with Crippen molar-refractivity contribution < 1.29 is 14.3 Å². The second-order valence-electron chi connectivity index (χ2n) is 7.44. The molecule has 0 spiro atoms. The lowest BCUT2D eigenvalue weighted by Crippen LogP contribution is -2.31. The Labute approximate surface area is 170 Å². The van der Waals surface area contributed by atoms with Crippen LogP contribution >= 0.6 is 0 Å². The number of carbonyl (C=O) groups excluding carboxylic acids is 2. The molecule has 0 saturated heterocycles. The second-order valence-corrected chi connectivity index (χ2v) is 7.44. The van der Waals surface area contributed by atoms with E-state index in [1.807, 2.05) is 55.1 Å². The number of aromatic nitrogens is 1. The van der Waals surface area contributed by atoms with Crippen LogP contribution in [0.15, 0.2) is 36.4 Å². The van der Waals surface area contributed by atoms with Crippen LogP contribution in [0.3, 0.4) is 0 Å². The van der Waals surface area contributed by atoms with Crippen molar-refractivity contribution in [1.82, 2.24) is 4.57 Å². The normalized spacial score (nSPS) is 13.0. The number of hydrogen-bond donors (Lipinski definition) is 0. The van der Waals surface area contributed by atoms with Crippen molar-refractivity contribution in [2.24, 2.45) is 0 Å². The quantitative estimate of drug-likeness (QED) is 0.590. The first-order valence-electron chi connectivity index (χ1n) is 10.2. The molecule has 0 atom stereocenters. The largest absolute Gasteiger partial charge is 0.494 e. The van der Waals surface area contributed by atoms with Crippen LogP contribution < -0.4 is 9.64 Å². The van der Waals surface area contributed by atoms with Crippen molar-refractivity contribution in [1.29, 1.82) is 0 Å². The van der Waals surface area contributed by atoms with Gasteiger partial charge in [0.25, 0.3) is 5.91 Å². The summed E-state index contributed by atoms with van der Waals surface area (Å²) in [5.74, 6) is 0.871. The zero-order valence-corrected chi connectivity index (χ0v) is 17.4. The Morgan fingerprint density at radius 1 is 1.10 bits per heavy atom. The van der Waals surface area contributed by atoms with Gasteiger partial charge in [0.2, 0.25) is 0 Å². The van der Waals surface area contributed by atoms with Crippen LogP contribution in [0.5, 0.6) is 5.75 Å². The molecule has 0 bridgehead atoms. The Kier molecular flexibility index (Phi) is 4.91. The number of anilines is 1. The van der Waals surface area contributed by atoms with Gasteiger partial charge in [-0.2, -0.15) is 0 Å². The zero-order valence-electron chi connectivity index (χ0n) is 17.4. The van der Waals surface area contributed by atoms with Gasteiger partial charge in [-0.25, -0.2) is 0 Å². The molecule has 2 heterocycles. The third-order valence-electron chi connectivity index (χ3n) is 5.74. The van der Waals surface area contributed by atoms with E-state index in [2.05, 4.69) is 11.5 Å². The second kappa shape index (κ2) is 7.39. The number of nitrogens with zero attached hydrogens (tertiary/aromatic N) is 2. The Balaban J connectivity index is 1.79. The summed E-state index contributed by atoms with van der Waals surface area (Å²) in [6.07, 6.45) is 0.766. The van der Waals surface area contributed by atoms with Crippen LogP contribution in [0.2, 0.25) is 0 Å². The molecule has 29 heavy (non-hydrogen) atoms. The molecule has 5 heteroatoms. The van der Waals surface area contributed by atoms with E-state index in [0.29, 0.717) is 25.3 Å². The van der Waals surface area contributed by atoms with Gasteiger partial charge in [-0.3, -0.25) is 9.59 Å². The number of ketones is 1. The number of hydrogen-bond acceptors (Lipinski definition) is 3. The summed E-state index contributed by atoms with van der Waals surface area (Å²) in [6, 6.07) is 11.6. The van der Waals surface area contributed by atoms with E-state index in [-0.39, 0.29) is 11.7 Å². The smallest absolute Gasteiger partial charge is 0.275 e. The summed E-state index contributed by atoms with van der Waals surface area (Å²) in [7, 11) is 0. The molecule has 1 aliphatic rings. The van der Waals surface area contributed by atoms with Gasteiger partial charge in [-0.05, 0) is 81.6 Å². The molecule has 0 radical (unpaired) electrons. The third-order valence-corrected chi connectivity index (χ3v) is 5.74. The van der Waals surface area contributed by atoms with Crippen LogP contribution in [0, 0.1) is 6.92 Å². The number of amides is 1. The fraction of sp³-hybridized carbons (Fsp3) is 0.333. The van der Waals surface area contributed by atoms with E-state index in [4.69, 9.17) is 4.74 Å². The van der Waals surface area contributed by atoms with Crippen LogP contribution in [0.1, 0.15) is 52.7 Å². The van der Waals surface area contributed by atoms with Crippen molar-refractivity contribution >= 4 is 28.3 Å². The average Bonchev–Trinajstić information content (AvgIpc) is 3.26. The lowest BCUT2D eigenvalue weighted by molar-refractivity contribution is 0.0979. The van der Waals surface area contributed by atoms with E-state index in [9.17, 15) is 9.59 Å². The number of ether oxygens (including phenoxy) is 1. The van der Waals surface area contributed by atoms with Gasteiger partial charge in [0, 0.05) is 35.2 Å². The van der Waals surface area contributed by atoms with Crippen LogP contribution in [-0.4, -0.2) is 29.4 Å². The topological polar surface area (TPSA) is 51.5 Å². The lowest BCUT2D eigenvalue weighted by Gasteiger charge is -2.19. The van der Waals surface area contributed by atoms with Crippen molar-refractivity contribution in [2.45, 2.75) is 40.7 Å². The number of carbonyl (C=O) groups is 2. The molecule has 1 amide bonds. The number of rotatable bonds is 5. The Bertz CT molecular complexity index is 1130. The maximum Gasteiger partial charge on any atom is 0.275 e. The van der Waals surface area contributed by atoms with Gasteiger partial charge >= 0.3 is 0 Å². The Morgan fingerprint density at radius 2 is 1.90 bits per heavy atom. The van der Waals surface area contributed by atoms with Crippen molar-refractivity contribution in [2.75, 3.05) is 18.1 Å². The summed E-state index contributed by atoms with van der Waals surface area (Å²) in [6.45, 7) is 9.55. The fourth-order valence-electron chi connectivity index (χ4n) is 4.32. The summed E-state index contributed by atoms with van der Waals surface area (Å²) in [5.41, 5.74) is 5.40. The highest BCUT2D eigenvalue weighted by molar-refractivity contribution is 6.11. The van der Waals surface area contributed by atoms with E-state index in [0.717, 1.165) is 45.6 Å². The highest BCUT2D eigenvalue weighted by Gasteiger charge is 2.30. The molecule has 4 rings (SSSR count). The van der Waals surface area contributed by atoms with E-state index >= 15 is 0 Å². The molecule has 1 aromatic heterocycles. The predicted octanol–water partition coefficient (Wildman–Crippen LogP) is 4.77. The first-order valence-corrected chi connectivity index (χ1v) is 10.2. The highest BCUT2D eigenvalue weighted by Crippen LogP contribution is 2.34. The van der Waals surface area contributed by atoms with Gasteiger partial charge in [-0.1, -0.05) is 0 Å². The molecule has 0 unspecified atom stereocenters. The lowest BCUT2D eigenvalue weighted by atomic mass is 10.1. The van der Waals surface area contributed by atoms with E-state index < -0.39 is 0 Å². The third kappa shape index (κ3) is 3.11. The summed E-state index contributed by atoms with van der Waals surface area (Å²) >= 11 is 0. The minimum atomic E-state index is 0.00725. The van der Waals surface area contributed by atoms with Gasteiger partial charge in [-0.15, -0.1) is 0 Å². The molecule has 5 nitrogen and oxygen atoms in total. The molecule has 150 valence electrons. The number of aryl methyl sites for hydroxylation is 2. The highest BCUT2D eigenvalue weighted by atomic mass is 16.5. The zero-order chi connectivity index (χ0) is 20.7. The molecule has 0 N–H and O–H groups in total. The first-order chi connectivity index (χ1) is 14.0. The monoisotopic (exact) mass is 390 g/mol.